The quantitative estimate of drug-likeness (QED) is 0.903. The van der Waals surface area contributed by atoms with Gasteiger partial charge in [-0.05, 0) is 56.5 Å². The van der Waals surface area contributed by atoms with Crippen LogP contribution in [-0.4, -0.2) is 44.3 Å². The number of hydrogen-bond acceptors (Lipinski definition) is 4. The molecule has 2 fully saturated rings. The maximum atomic E-state index is 5.33. The third-order valence-corrected chi connectivity index (χ3v) is 4.83. The van der Waals surface area contributed by atoms with Gasteiger partial charge in [-0.25, -0.2) is 0 Å². The van der Waals surface area contributed by atoms with Crippen LogP contribution >= 0.6 is 0 Å². The van der Waals surface area contributed by atoms with E-state index >= 15 is 0 Å². The third-order valence-electron chi connectivity index (χ3n) is 4.83. The molecule has 2 unspecified atom stereocenters. The highest BCUT2D eigenvalue weighted by Crippen LogP contribution is 2.27. The van der Waals surface area contributed by atoms with Crippen molar-refractivity contribution in [2.75, 3.05) is 27.3 Å². The summed E-state index contributed by atoms with van der Waals surface area (Å²) in [5.74, 6) is 1.72. The summed E-state index contributed by atoms with van der Waals surface area (Å²) in [6.45, 7) is 3.44. The molecule has 4 heteroatoms. The van der Waals surface area contributed by atoms with E-state index in [9.17, 15) is 0 Å². The maximum Gasteiger partial charge on any atom is 0.122 e. The predicted molar refractivity (Wildman–Crippen MR) is 84.0 cm³/mol. The van der Waals surface area contributed by atoms with Gasteiger partial charge in [-0.15, -0.1) is 0 Å². The van der Waals surface area contributed by atoms with Crippen molar-refractivity contribution < 1.29 is 9.47 Å². The Balaban J connectivity index is 1.57. The van der Waals surface area contributed by atoms with Gasteiger partial charge in [-0.2, -0.15) is 0 Å². The first-order valence-electron chi connectivity index (χ1n) is 7.98. The Bertz CT molecular complexity index is 456. The Morgan fingerprint density at radius 1 is 1.10 bits per heavy atom. The molecule has 0 bridgehead atoms. The number of fused-ring (bicyclic) bond motifs is 1. The zero-order chi connectivity index (χ0) is 14.7. The molecule has 4 nitrogen and oxygen atoms in total. The van der Waals surface area contributed by atoms with Gasteiger partial charge < -0.3 is 19.7 Å². The first-order chi connectivity index (χ1) is 10.3. The highest BCUT2D eigenvalue weighted by Gasteiger charge is 2.31. The van der Waals surface area contributed by atoms with Gasteiger partial charge in [0.1, 0.15) is 11.5 Å². The molecule has 2 aliphatic rings. The Morgan fingerprint density at radius 2 is 1.86 bits per heavy atom. The van der Waals surface area contributed by atoms with E-state index in [0.29, 0.717) is 6.04 Å². The van der Waals surface area contributed by atoms with E-state index in [1.165, 1.54) is 44.3 Å². The van der Waals surface area contributed by atoms with Crippen LogP contribution in [0.3, 0.4) is 0 Å². The molecule has 0 spiro atoms. The molecule has 0 aliphatic carbocycles. The highest BCUT2D eigenvalue weighted by molar-refractivity contribution is 5.38. The zero-order valence-corrected chi connectivity index (χ0v) is 13.1. The number of hydrogen-bond donors (Lipinski definition) is 1. The summed E-state index contributed by atoms with van der Waals surface area (Å²) in [6.07, 6.45) is 5.31. The van der Waals surface area contributed by atoms with E-state index in [1.807, 2.05) is 6.07 Å². The van der Waals surface area contributed by atoms with Crippen LogP contribution in [0.15, 0.2) is 18.2 Å². The van der Waals surface area contributed by atoms with Crippen LogP contribution in [0.2, 0.25) is 0 Å². The van der Waals surface area contributed by atoms with Crippen molar-refractivity contribution in [1.82, 2.24) is 10.2 Å². The van der Waals surface area contributed by atoms with E-state index < -0.39 is 0 Å². The van der Waals surface area contributed by atoms with Gasteiger partial charge in [-0.3, -0.25) is 0 Å². The van der Waals surface area contributed by atoms with Gasteiger partial charge in [0.15, 0.2) is 0 Å². The normalized spacial score (nSPS) is 25.6. The molecule has 21 heavy (non-hydrogen) atoms. The molecule has 2 aliphatic heterocycles. The minimum Gasteiger partial charge on any atom is -0.497 e. The summed E-state index contributed by atoms with van der Waals surface area (Å²) in [4.78, 5) is 2.66. The van der Waals surface area contributed by atoms with Crippen molar-refractivity contribution in [3.8, 4) is 11.5 Å². The molecule has 2 saturated heterocycles. The maximum absolute atomic E-state index is 5.33. The summed E-state index contributed by atoms with van der Waals surface area (Å²) in [7, 11) is 3.39. The van der Waals surface area contributed by atoms with Crippen LogP contribution in [0.5, 0.6) is 11.5 Å². The van der Waals surface area contributed by atoms with Crippen LogP contribution in [0.4, 0.5) is 0 Å². The zero-order valence-electron chi connectivity index (χ0n) is 13.1. The molecular weight excluding hydrogens is 264 g/mol. The third kappa shape index (κ3) is 3.50. The van der Waals surface area contributed by atoms with Gasteiger partial charge >= 0.3 is 0 Å². The van der Waals surface area contributed by atoms with Crippen molar-refractivity contribution in [1.29, 1.82) is 0 Å². The average molecular weight is 290 g/mol. The van der Waals surface area contributed by atoms with Gasteiger partial charge in [-0.1, -0.05) is 0 Å². The van der Waals surface area contributed by atoms with Crippen LogP contribution in [0.25, 0.3) is 0 Å². The fourth-order valence-electron chi connectivity index (χ4n) is 3.64. The van der Waals surface area contributed by atoms with Crippen molar-refractivity contribution in [2.45, 2.75) is 44.3 Å². The van der Waals surface area contributed by atoms with E-state index in [-0.39, 0.29) is 0 Å². The molecule has 2 atom stereocenters. The van der Waals surface area contributed by atoms with Crippen molar-refractivity contribution in [2.24, 2.45) is 0 Å². The molecule has 0 aromatic heterocycles. The highest BCUT2D eigenvalue weighted by atomic mass is 16.5. The lowest BCUT2D eigenvalue weighted by Gasteiger charge is -2.35. The summed E-state index contributed by atoms with van der Waals surface area (Å²) < 4.78 is 10.7. The summed E-state index contributed by atoms with van der Waals surface area (Å²) in [6, 6.07) is 7.54. The van der Waals surface area contributed by atoms with E-state index in [4.69, 9.17) is 9.47 Å². The van der Waals surface area contributed by atoms with Gasteiger partial charge in [0, 0.05) is 24.7 Å². The topological polar surface area (TPSA) is 33.7 Å². The largest absolute Gasteiger partial charge is 0.497 e. The lowest BCUT2D eigenvalue weighted by molar-refractivity contribution is 0.166. The Morgan fingerprint density at radius 3 is 2.57 bits per heavy atom. The lowest BCUT2D eigenvalue weighted by Crippen LogP contribution is -2.45. The van der Waals surface area contributed by atoms with Crippen LogP contribution in [-0.2, 0) is 6.54 Å². The minimum atomic E-state index is 0.640. The second-order valence-electron chi connectivity index (χ2n) is 6.16. The number of piperidine rings is 1. The number of nitrogens with zero attached hydrogens (tertiary/aromatic N) is 1. The van der Waals surface area contributed by atoms with Crippen LogP contribution in [0, 0.1) is 0 Å². The lowest BCUT2D eigenvalue weighted by atomic mass is 9.97. The summed E-state index contributed by atoms with van der Waals surface area (Å²) in [5.41, 5.74) is 1.22. The van der Waals surface area contributed by atoms with Crippen molar-refractivity contribution in [3.63, 3.8) is 0 Å². The molecule has 1 N–H and O–H groups in total. The number of benzene rings is 1. The number of ether oxygens (including phenoxy) is 2. The Hall–Kier alpha value is -1.26. The molecule has 2 heterocycles. The molecule has 0 saturated carbocycles. The molecule has 3 rings (SSSR count). The Labute approximate surface area is 127 Å². The van der Waals surface area contributed by atoms with Crippen molar-refractivity contribution >= 4 is 0 Å². The monoisotopic (exact) mass is 290 g/mol. The molecule has 1 aromatic carbocycles. The number of methoxy groups -OCH3 is 2. The predicted octanol–water partition coefficient (Wildman–Crippen LogP) is 2.42. The number of rotatable bonds is 5. The van der Waals surface area contributed by atoms with E-state index in [0.717, 1.165) is 24.1 Å². The van der Waals surface area contributed by atoms with Crippen LogP contribution < -0.4 is 14.8 Å². The molecule has 116 valence electrons. The SMILES string of the molecule is COc1cc(CNC2CCN3CCCC3C2)cc(OC)c1. The van der Waals surface area contributed by atoms with E-state index in [1.54, 1.807) is 14.2 Å². The second kappa shape index (κ2) is 6.67. The van der Waals surface area contributed by atoms with E-state index in [2.05, 4.69) is 22.3 Å². The van der Waals surface area contributed by atoms with Crippen LogP contribution in [0.1, 0.15) is 31.2 Å². The Kier molecular flexibility index (Phi) is 4.66. The molecule has 1 aromatic rings. The fraction of sp³-hybridized carbons (Fsp3) is 0.647. The van der Waals surface area contributed by atoms with Crippen molar-refractivity contribution in [3.05, 3.63) is 23.8 Å². The smallest absolute Gasteiger partial charge is 0.122 e. The average Bonchev–Trinajstić information content (AvgIpc) is 3.00. The molecular formula is C17H26N2O2. The number of nitrogens with one attached hydrogen (secondary N) is 1. The van der Waals surface area contributed by atoms with Gasteiger partial charge in [0.2, 0.25) is 0 Å². The summed E-state index contributed by atoms with van der Waals surface area (Å²) >= 11 is 0. The fourth-order valence-corrected chi connectivity index (χ4v) is 3.64. The molecule has 0 amide bonds. The summed E-state index contributed by atoms with van der Waals surface area (Å²) in [5, 5.41) is 3.72. The second-order valence-corrected chi connectivity index (χ2v) is 6.16. The first kappa shape index (κ1) is 14.7. The standard InChI is InChI=1S/C17H26N2O2/c1-20-16-8-13(9-17(11-16)21-2)12-18-14-5-7-19-6-3-4-15(19)10-14/h8-9,11,14-15,18H,3-7,10,12H2,1-2H3. The first-order valence-corrected chi connectivity index (χ1v) is 7.98. The van der Waals surface area contributed by atoms with Gasteiger partial charge in [0.05, 0.1) is 14.2 Å². The molecule has 0 radical (unpaired) electrons. The van der Waals surface area contributed by atoms with Gasteiger partial charge in [0.25, 0.3) is 0 Å². The minimum absolute atomic E-state index is 0.640.